The second kappa shape index (κ2) is 7.19. The summed E-state index contributed by atoms with van der Waals surface area (Å²) in [6, 6.07) is 7.22. The Bertz CT molecular complexity index is 417. The molecule has 0 heterocycles. The van der Waals surface area contributed by atoms with Crippen molar-refractivity contribution in [1.29, 1.82) is 0 Å². The van der Waals surface area contributed by atoms with Gasteiger partial charge in [-0.25, -0.2) is 4.39 Å². The van der Waals surface area contributed by atoms with Crippen LogP contribution in [0.15, 0.2) is 24.3 Å². The maximum atomic E-state index is 14.0. The minimum Gasteiger partial charge on any atom is -0.310 e. The molecule has 0 saturated heterocycles. The lowest BCUT2D eigenvalue weighted by molar-refractivity contribution is 0.239. The minimum atomic E-state index is -0.102. The zero-order valence-electron chi connectivity index (χ0n) is 12.9. The summed E-state index contributed by atoms with van der Waals surface area (Å²) in [7, 11) is 2.18. The molecular formula is C17H27FN2. The molecule has 2 nitrogen and oxygen atoms in total. The van der Waals surface area contributed by atoms with Crippen molar-refractivity contribution in [2.24, 2.45) is 11.8 Å². The van der Waals surface area contributed by atoms with Crippen LogP contribution in [0.2, 0.25) is 0 Å². The van der Waals surface area contributed by atoms with Gasteiger partial charge in [-0.1, -0.05) is 32.0 Å². The summed E-state index contributed by atoms with van der Waals surface area (Å²) >= 11 is 0. The molecule has 1 fully saturated rings. The zero-order chi connectivity index (χ0) is 14.5. The molecule has 0 aromatic heterocycles. The van der Waals surface area contributed by atoms with E-state index in [1.807, 2.05) is 12.1 Å². The fourth-order valence-corrected chi connectivity index (χ4v) is 2.98. The van der Waals surface area contributed by atoms with Gasteiger partial charge in [-0.3, -0.25) is 0 Å². The Balaban J connectivity index is 2.01. The lowest BCUT2D eigenvalue weighted by atomic mass is 9.93. The molecule has 0 bridgehead atoms. The molecule has 2 rings (SSSR count). The van der Waals surface area contributed by atoms with Crippen molar-refractivity contribution in [1.82, 2.24) is 10.2 Å². The summed E-state index contributed by atoms with van der Waals surface area (Å²) in [5, 5.41) is 3.45. The molecule has 3 heteroatoms. The molecule has 20 heavy (non-hydrogen) atoms. The summed E-state index contributed by atoms with van der Waals surface area (Å²) in [5.41, 5.74) is 0.793. The van der Waals surface area contributed by atoms with Gasteiger partial charge in [0.15, 0.2) is 0 Å². The highest BCUT2D eigenvalue weighted by Crippen LogP contribution is 2.30. The van der Waals surface area contributed by atoms with Crippen LogP contribution in [-0.4, -0.2) is 31.6 Å². The van der Waals surface area contributed by atoms with Gasteiger partial charge in [-0.2, -0.15) is 0 Å². The summed E-state index contributed by atoms with van der Waals surface area (Å²) in [6.07, 6.45) is 2.76. The lowest BCUT2D eigenvalue weighted by Crippen LogP contribution is -2.35. The van der Waals surface area contributed by atoms with Crippen LogP contribution >= 0.6 is 0 Å². The molecule has 1 aromatic rings. The molecule has 0 radical (unpaired) electrons. The van der Waals surface area contributed by atoms with Crippen molar-refractivity contribution in [3.63, 3.8) is 0 Å². The smallest absolute Gasteiger partial charge is 0.127 e. The van der Waals surface area contributed by atoms with E-state index in [4.69, 9.17) is 0 Å². The largest absolute Gasteiger partial charge is 0.310 e. The SMILES string of the molecule is CCNC(c1ccccc1F)C(C)CN(C)CC1CC1. The maximum absolute atomic E-state index is 14.0. The molecule has 1 aliphatic carbocycles. The average molecular weight is 278 g/mol. The number of halogens is 1. The van der Waals surface area contributed by atoms with E-state index in [0.29, 0.717) is 5.92 Å². The summed E-state index contributed by atoms with van der Waals surface area (Å²) in [4.78, 5) is 2.40. The average Bonchev–Trinajstić information content (AvgIpc) is 3.20. The van der Waals surface area contributed by atoms with Crippen LogP contribution < -0.4 is 5.32 Å². The Morgan fingerprint density at radius 1 is 1.35 bits per heavy atom. The van der Waals surface area contributed by atoms with Crippen LogP contribution in [0.4, 0.5) is 4.39 Å². The highest BCUT2D eigenvalue weighted by Gasteiger charge is 2.26. The van der Waals surface area contributed by atoms with E-state index in [1.165, 1.54) is 19.4 Å². The van der Waals surface area contributed by atoms with Crippen LogP contribution in [-0.2, 0) is 0 Å². The minimum absolute atomic E-state index is 0.0860. The second-order valence-corrected chi connectivity index (χ2v) is 6.20. The molecule has 1 aromatic carbocycles. The quantitative estimate of drug-likeness (QED) is 0.783. The number of benzene rings is 1. The first-order valence-corrected chi connectivity index (χ1v) is 7.78. The van der Waals surface area contributed by atoms with Crippen LogP contribution in [0.5, 0.6) is 0 Å². The van der Waals surface area contributed by atoms with Gasteiger partial charge in [0.1, 0.15) is 5.82 Å². The van der Waals surface area contributed by atoms with Gasteiger partial charge >= 0.3 is 0 Å². The number of hydrogen-bond acceptors (Lipinski definition) is 2. The molecule has 0 aliphatic heterocycles. The monoisotopic (exact) mass is 278 g/mol. The van der Waals surface area contributed by atoms with E-state index in [2.05, 4.69) is 31.1 Å². The first-order valence-electron chi connectivity index (χ1n) is 7.78. The fraction of sp³-hybridized carbons (Fsp3) is 0.647. The van der Waals surface area contributed by atoms with Crippen LogP contribution in [0.25, 0.3) is 0 Å². The fourth-order valence-electron chi connectivity index (χ4n) is 2.98. The van der Waals surface area contributed by atoms with Crippen molar-refractivity contribution < 1.29 is 4.39 Å². The maximum Gasteiger partial charge on any atom is 0.127 e. The van der Waals surface area contributed by atoms with Gasteiger partial charge in [0.05, 0.1) is 0 Å². The predicted molar refractivity (Wildman–Crippen MR) is 82.2 cm³/mol. The van der Waals surface area contributed by atoms with Crippen LogP contribution in [0, 0.1) is 17.7 Å². The highest BCUT2D eigenvalue weighted by molar-refractivity contribution is 5.22. The van der Waals surface area contributed by atoms with E-state index in [9.17, 15) is 4.39 Å². The predicted octanol–water partition coefficient (Wildman–Crippen LogP) is 3.45. The summed E-state index contributed by atoms with van der Waals surface area (Å²) in [6.45, 7) is 7.33. The molecule has 0 spiro atoms. The third-order valence-electron chi connectivity index (χ3n) is 4.10. The van der Waals surface area contributed by atoms with Gasteiger partial charge in [-0.15, -0.1) is 0 Å². The topological polar surface area (TPSA) is 15.3 Å². The third-order valence-corrected chi connectivity index (χ3v) is 4.10. The van der Waals surface area contributed by atoms with Gasteiger partial charge in [0.25, 0.3) is 0 Å². The normalized spacial score (nSPS) is 18.2. The van der Waals surface area contributed by atoms with Crippen molar-refractivity contribution >= 4 is 0 Å². The van der Waals surface area contributed by atoms with E-state index in [-0.39, 0.29) is 11.9 Å². The number of nitrogens with zero attached hydrogens (tertiary/aromatic N) is 1. The Hall–Kier alpha value is -0.930. The Labute approximate surface area is 122 Å². The van der Waals surface area contributed by atoms with Gasteiger partial charge in [0, 0.05) is 24.7 Å². The molecule has 2 unspecified atom stereocenters. The van der Waals surface area contributed by atoms with E-state index in [1.54, 1.807) is 12.1 Å². The van der Waals surface area contributed by atoms with Crippen LogP contribution in [0.3, 0.4) is 0 Å². The molecule has 0 amide bonds. The highest BCUT2D eigenvalue weighted by atomic mass is 19.1. The van der Waals surface area contributed by atoms with Crippen molar-refractivity contribution in [2.45, 2.75) is 32.7 Å². The molecule has 112 valence electrons. The van der Waals surface area contributed by atoms with Gasteiger partial charge in [0.2, 0.25) is 0 Å². The van der Waals surface area contributed by atoms with E-state index < -0.39 is 0 Å². The lowest BCUT2D eigenvalue weighted by Gasteiger charge is -2.29. The summed E-state index contributed by atoms with van der Waals surface area (Å²) < 4.78 is 14.0. The Morgan fingerprint density at radius 2 is 2.05 bits per heavy atom. The number of nitrogens with one attached hydrogen (secondary N) is 1. The standard InChI is InChI=1S/C17H27FN2/c1-4-19-17(15-7-5-6-8-16(15)18)13(2)11-20(3)12-14-9-10-14/h5-8,13-14,17,19H,4,9-12H2,1-3H3. The Morgan fingerprint density at radius 3 is 2.65 bits per heavy atom. The third kappa shape index (κ3) is 4.29. The first-order chi connectivity index (χ1) is 9.61. The molecule has 1 aliphatic rings. The van der Waals surface area contributed by atoms with E-state index >= 15 is 0 Å². The number of hydrogen-bond donors (Lipinski definition) is 1. The van der Waals surface area contributed by atoms with Gasteiger partial charge in [-0.05, 0) is 44.3 Å². The molecule has 2 atom stereocenters. The molecule has 1 saturated carbocycles. The van der Waals surface area contributed by atoms with E-state index in [0.717, 1.165) is 24.6 Å². The van der Waals surface area contributed by atoms with Crippen LogP contribution in [0.1, 0.15) is 38.3 Å². The second-order valence-electron chi connectivity index (χ2n) is 6.20. The summed E-state index contributed by atoms with van der Waals surface area (Å²) in [5.74, 6) is 1.18. The Kier molecular flexibility index (Phi) is 5.55. The molecular weight excluding hydrogens is 251 g/mol. The van der Waals surface area contributed by atoms with Crippen molar-refractivity contribution in [3.05, 3.63) is 35.6 Å². The van der Waals surface area contributed by atoms with Crippen molar-refractivity contribution in [3.8, 4) is 0 Å². The molecule has 1 N–H and O–H groups in total. The van der Waals surface area contributed by atoms with Crippen molar-refractivity contribution in [2.75, 3.05) is 26.7 Å². The first kappa shape index (κ1) is 15.5. The number of rotatable bonds is 8. The zero-order valence-corrected chi connectivity index (χ0v) is 12.9. The van der Waals surface area contributed by atoms with Gasteiger partial charge < -0.3 is 10.2 Å².